The lowest BCUT2D eigenvalue weighted by Crippen LogP contribution is -2.38. The Bertz CT molecular complexity index is 936. The third-order valence-corrected chi connectivity index (χ3v) is 4.66. The number of carboxylic acid groups (broad SMARTS) is 2. The fourth-order valence-corrected chi connectivity index (χ4v) is 2.67. The molecular weight excluding hydrogens is 390 g/mol. The van der Waals surface area contributed by atoms with Crippen molar-refractivity contribution in [3.05, 3.63) is 48.2 Å². The van der Waals surface area contributed by atoms with Crippen molar-refractivity contribution in [2.75, 3.05) is 16.8 Å². The number of hydrogen-bond acceptors (Lipinski definition) is 5. The van der Waals surface area contributed by atoms with Gasteiger partial charge < -0.3 is 14.9 Å². The summed E-state index contributed by atoms with van der Waals surface area (Å²) in [5, 5.41) is 20.8. The molecule has 1 saturated carbocycles. The van der Waals surface area contributed by atoms with Gasteiger partial charge in [0.15, 0.2) is 5.60 Å². The molecule has 30 heavy (non-hydrogen) atoms. The van der Waals surface area contributed by atoms with Gasteiger partial charge in [-0.1, -0.05) is 0 Å². The number of ether oxygens (including phenoxy) is 1. The van der Waals surface area contributed by atoms with Gasteiger partial charge in [-0.2, -0.15) is 0 Å². The number of aromatic carboxylic acids is 1. The molecule has 3 rings (SSSR count). The Balaban J connectivity index is 1.74. The number of amides is 2. The summed E-state index contributed by atoms with van der Waals surface area (Å²) in [6.45, 7) is 3.44. The van der Waals surface area contributed by atoms with Crippen LogP contribution in [0.5, 0.6) is 5.75 Å². The maximum atomic E-state index is 12.8. The Kier molecular flexibility index (Phi) is 5.91. The molecule has 0 bridgehead atoms. The number of carbonyl (C=O) groups is 3. The molecule has 1 aromatic carbocycles. The molecule has 9 nitrogen and oxygen atoms in total. The van der Waals surface area contributed by atoms with Gasteiger partial charge in [0.2, 0.25) is 0 Å². The highest BCUT2D eigenvalue weighted by atomic mass is 16.5. The highest BCUT2D eigenvalue weighted by molar-refractivity contribution is 6.01. The van der Waals surface area contributed by atoms with Crippen LogP contribution in [0.2, 0.25) is 0 Å². The van der Waals surface area contributed by atoms with Gasteiger partial charge in [0, 0.05) is 18.4 Å². The van der Waals surface area contributed by atoms with Crippen LogP contribution in [0.1, 0.15) is 37.0 Å². The zero-order valence-electron chi connectivity index (χ0n) is 16.7. The summed E-state index contributed by atoms with van der Waals surface area (Å²) in [6, 6.07) is 9.03. The molecule has 1 aliphatic rings. The fraction of sp³-hybridized carbons (Fsp3) is 0.333. The molecule has 1 aromatic heterocycles. The summed E-state index contributed by atoms with van der Waals surface area (Å²) in [6.07, 6.45) is 3.27. The number of carbonyl (C=O) groups excluding carboxylic acids is 1. The van der Waals surface area contributed by atoms with Crippen molar-refractivity contribution in [2.45, 2.75) is 32.3 Å². The monoisotopic (exact) mass is 413 g/mol. The third-order valence-electron chi connectivity index (χ3n) is 4.66. The average molecular weight is 413 g/mol. The van der Waals surface area contributed by atoms with Crippen LogP contribution in [0.15, 0.2) is 42.6 Å². The number of hydrogen-bond donors (Lipinski definition) is 3. The molecule has 1 aliphatic carbocycles. The Morgan fingerprint density at radius 3 is 2.30 bits per heavy atom. The number of aromatic nitrogens is 1. The number of pyridine rings is 1. The van der Waals surface area contributed by atoms with E-state index in [1.165, 1.54) is 32.2 Å². The molecule has 0 aliphatic heterocycles. The Morgan fingerprint density at radius 1 is 1.13 bits per heavy atom. The number of rotatable bonds is 8. The number of aliphatic carboxylic acids is 1. The first-order valence-corrected chi connectivity index (χ1v) is 9.46. The van der Waals surface area contributed by atoms with Crippen molar-refractivity contribution < 1.29 is 29.3 Å². The topological polar surface area (TPSA) is 129 Å². The SMILES string of the molecule is CC(C)(Oc1ccc(N(CC2CC2)C(=O)Nc2ccc(C(=O)O)cn2)cc1)C(=O)O. The van der Waals surface area contributed by atoms with Gasteiger partial charge in [-0.25, -0.2) is 19.4 Å². The fourth-order valence-electron chi connectivity index (χ4n) is 2.67. The molecule has 158 valence electrons. The predicted molar refractivity (Wildman–Crippen MR) is 109 cm³/mol. The molecular formula is C21H23N3O6. The van der Waals surface area contributed by atoms with Crippen molar-refractivity contribution in [1.82, 2.24) is 4.98 Å². The van der Waals surface area contributed by atoms with E-state index in [2.05, 4.69) is 10.3 Å². The molecule has 1 heterocycles. The van der Waals surface area contributed by atoms with Crippen LogP contribution in [0.3, 0.4) is 0 Å². The molecule has 3 N–H and O–H groups in total. The van der Waals surface area contributed by atoms with Crippen molar-refractivity contribution in [2.24, 2.45) is 5.92 Å². The number of urea groups is 1. The highest BCUT2D eigenvalue weighted by Crippen LogP contribution is 2.32. The second-order valence-electron chi connectivity index (χ2n) is 7.63. The van der Waals surface area contributed by atoms with Crippen molar-refractivity contribution in [1.29, 1.82) is 0 Å². The normalized spacial score (nSPS) is 13.4. The van der Waals surface area contributed by atoms with E-state index in [0.717, 1.165) is 12.8 Å². The van der Waals surface area contributed by atoms with E-state index in [1.54, 1.807) is 29.2 Å². The maximum absolute atomic E-state index is 12.8. The summed E-state index contributed by atoms with van der Waals surface area (Å²) >= 11 is 0. The molecule has 1 fully saturated rings. The average Bonchev–Trinajstić information content (AvgIpc) is 3.51. The standard InChI is InChI=1S/C21H23N3O6/c1-21(2,19(27)28)30-16-8-6-15(7-9-16)24(12-13-3-4-13)20(29)23-17-10-5-14(11-22-17)18(25)26/h5-11,13H,3-4,12H2,1-2H3,(H,25,26)(H,27,28)(H,22,23,29). The summed E-state index contributed by atoms with van der Waals surface area (Å²) in [7, 11) is 0. The van der Waals surface area contributed by atoms with Gasteiger partial charge in [-0.05, 0) is 69.0 Å². The van der Waals surface area contributed by atoms with E-state index in [9.17, 15) is 19.5 Å². The Morgan fingerprint density at radius 2 is 1.80 bits per heavy atom. The summed E-state index contributed by atoms with van der Waals surface area (Å²) in [5.74, 6) is -1.13. The molecule has 2 aromatic rings. The molecule has 2 amide bonds. The maximum Gasteiger partial charge on any atom is 0.347 e. The summed E-state index contributed by atoms with van der Waals surface area (Å²) < 4.78 is 5.50. The molecule has 9 heteroatoms. The minimum Gasteiger partial charge on any atom is -0.478 e. The lowest BCUT2D eigenvalue weighted by Gasteiger charge is -2.25. The zero-order valence-corrected chi connectivity index (χ0v) is 16.7. The number of carboxylic acids is 2. The summed E-state index contributed by atoms with van der Waals surface area (Å²) in [4.78, 5) is 40.5. The van der Waals surface area contributed by atoms with Gasteiger partial charge in [0.05, 0.1) is 5.56 Å². The lowest BCUT2D eigenvalue weighted by atomic mass is 10.1. The number of nitrogens with one attached hydrogen (secondary N) is 1. The predicted octanol–water partition coefficient (Wildman–Crippen LogP) is 3.47. The van der Waals surface area contributed by atoms with E-state index in [4.69, 9.17) is 9.84 Å². The zero-order chi connectivity index (χ0) is 21.9. The van der Waals surface area contributed by atoms with Gasteiger partial charge in [0.1, 0.15) is 11.6 Å². The molecule has 0 atom stereocenters. The third kappa shape index (κ3) is 5.25. The van der Waals surface area contributed by atoms with E-state index in [-0.39, 0.29) is 11.4 Å². The van der Waals surface area contributed by atoms with E-state index < -0.39 is 23.6 Å². The quantitative estimate of drug-likeness (QED) is 0.604. The van der Waals surface area contributed by atoms with Crippen LogP contribution < -0.4 is 15.0 Å². The molecule has 0 unspecified atom stereocenters. The van der Waals surface area contributed by atoms with Crippen molar-refractivity contribution >= 4 is 29.5 Å². The second-order valence-corrected chi connectivity index (χ2v) is 7.63. The first kappa shape index (κ1) is 21.1. The van der Waals surface area contributed by atoms with Gasteiger partial charge in [-0.3, -0.25) is 10.2 Å². The minimum absolute atomic E-state index is 0.0303. The van der Waals surface area contributed by atoms with E-state index >= 15 is 0 Å². The van der Waals surface area contributed by atoms with Crippen LogP contribution in [-0.2, 0) is 4.79 Å². The highest BCUT2D eigenvalue weighted by Gasteiger charge is 2.30. The lowest BCUT2D eigenvalue weighted by molar-refractivity contribution is -0.152. The molecule has 0 radical (unpaired) electrons. The van der Waals surface area contributed by atoms with Crippen LogP contribution >= 0.6 is 0 Å². The van der Waals surface area contributed by atoms with Crippen LogP contribution in [-0.4, -0.2) is 45.3 Å². The summed E-state index contributed by atoms with van der Waals surface area (Å²) in [5.41, 5.74) is -0.717. The van der Waals surface area contributed by atoms with E-state index in [1.807, 2.05) is 0 Å². The Labute approximate surface area is 173 Å². The molecule has 0 spiro atoms. The number of anilines is 2. The first-order valence-electron chi connectivity index (χ1n) is 9.46. The second kappa shape index (κ2) is 8.40. The number of nitrogens with zero attached hydrogens (tertiary/aromatic N) is 2. The number of benzene rings is 1. The smallest absolute Gasteiger partial charge is 0.347 e. The van der Waals surface area contributed by atoms with Crippen LogP contribution in [0.4, 0.5) is 16.3 Å². The van der Waals surface area contributed by atoms with Gasteiger partial charge in [-0.15, -0.1) is 0 Å². The molecule has 0 saturated heterocycles. The minimum atomic E-state index is -1.37. The van der Waals surface area contributed by atoms with Gasteiger partial charge >= 0.3 is 18.0 Å². The van der Waals surface area contributed by atoms with E-state index in [0.29, 0.717) is 23.9 Å². The van der Waals surface area contributed by atoms with Crippen LogP contribution in [0, 0.1) is 5.92 Å². The van der Waals surface area contributed by atoms with Crippen molar-refractivity contribution in [3.63, 3.8) is 0 Å². The first-order chi connectivity index (χ1) is 14.2. The van der Waals surface area contributed by atoms with Crippen molar-refractivity contribution in [3.8, 4) is 5.75 Å². The van der Waals surface area contributed by atoms with Gasteiger partial charge in [0.25, 0.3) is 0 Å². The Hall–Kier alpha value is -3.62. The largest absolute Gasteiger partial charge is 0.478 e. The van der Waals surface area contributed by atoms with Crippen LogP contribution in [0.25, 0.3) is 0 Å².